The highest BCUT2D eigenvalue weighted by molar-refractivity contribution is 6.76. The molecule has 4 atom stereocenters. The van der Waals surface area contributed by atoms with Crippen LogP contribution < -0.4 is 16.0 Å². The number of alkyl carbamates (subject to hydrolysis) is 3. The highest BCUT2D eigenvalue weighted by Gasteiger charge is 2.43. The first-order valence-corrected chi connectivity index (χ1v) is 18.1. The maximum Gasteiger partial charge on any atom is 0.408 e. The predicted molar refractivity (Wildman–Crippen MR) is 157 cm³/mol. The van der Waals surface area contributed by atoms with Crippen LogP contribution >= 0.6 is 0 Å². The lowest BCUT2D eigenvalue weighted by molar-refractivity contribution is -0.132. The molecule has 12 heteroatoms. The zero-order chi connectivity index (χ0) is 30.2. The molecule has 1 saturated carbocycles. The molecule has 1 aliphatic heterocycles. The summed E-state index contributed by atoms with van der Waals surface area (Å²) in [4.78, 5) is 52.7. The number of benzene rings is 1. The van der Waals surface area contributed by atoms with Crippen molar-refractivity contribution in [1.82, 2.24) is 20.9 Å². The van der Waals surface area contributed by atoms with Crippen LogP contribution in [0.3, 0.4) is 0 Å². The Balaban J connectivity index is 1.61. The summed E-state index contributed by atoms with van der Waals surface area (Å²) in [5.74, 6) is -0.218. The van der Waals surface area contributed by atoms with Gasteiger partial charge in [-0.1, -0.05) is 50.0 Å². The van der Waals surface area contributed by atoms with Crippen LogP contribution in [-0.4, -0.2) is 80.1 Å². The van der Waals surface area contributed by atoms with Gasteiger partial charge in [0.25, 0.3) is 0 Å². The van der Waals surface area contributed by atoms with Crippen molar-refractivity contribution in [2.75, 3.05) is 13.2 Å². The molecular weight excluding hydrogens is 544 g/mol. The first-order chi connectivity index (χ1) is 19.2. The number of hydrogen-bond donors (Lipinski definition) is 3. The molecule has 0 aromatic heterocycles. The summed E-state index contributed by atoms with van der Waals surface area (Å²) >= 11 is 0. The molecule has 2 aliphatic rings. The third-order valence-electron chi connectivity index (χ3n) is 7.07. The second-order valence-corrected chi connectivity index (χ2v) is 18.6. The normalized spacial score (nSPS) is 23.0. The summed E-state index contributed by atoms with van der Waals surface area (Å²) in [5, 5.41) is 8.54. The van der Waals surface area contributed by atoms with Crippen molar-refractivity contribution >= 4 is 32.3 Å². The molecule has 0 spiro atoms. The van der Waals surface area contributed by atoms with Crippen LogP contribution in [0.2, 0.25) is 25.7 Å². The van der Waals surface area contributed by atoms with Gasteiger partial charge in [0.15, 0.2) is 0 Å². The number of nitrogens with one attached hydrogen (secondary N) is 3. The number of carbonyl (C=O) groups is 4. The van der Waals surface area contributed by atoms with Crippen LogP contribution in [0.5, 0.6) is 0 Å². The van der Waals surface area contributed by atoms with Crippen molar-refractivity contribution in [1.29, 1.82) is 0 Å². The van der Waals surface area contributed by atoms with E-state index >= 15 is 0 Å². The minimum atomic E-state index is -1.38. The molecule has 0 bridgehead atoms. The Morgan fingerprint density at radius 2 is 1.61 bits per heavy atom. The van der Waals surface area contributed by atoms with Crippen molar-refractivity contribution in [2.24, 2.45) is 0 Å². The minimum absolute atomic E-state index is 0.109. The van der Waals surface area contributed by atoms with E-state index in [0.29, 0.717) is 38.8 Å². The fourth-order valence-corrected chi connectivity index (χ4v) is 5.72. The Hall–Kier alpha value is -3.28. The summed E-state index contributed by atoms with van der Waals surface area (Å²) in [6.45, 7) is 12.9. The van der Waals surface area contributed by atoms with Crippen molar-refractivity contribution < 1.29 is 33.4 Å². The van der Waals surface area contributed by atoms with Crippen molar-refractivity contribution in [2.45, 2.75) is 109 Å². The van der Waals surface area contributed by atoms with Gasteiger partial charge in [-0.25, -0.2) is 14.4 Å². The molecule has 1 heterocycles. The molecule has 3 N–H and O–H groups in total. The molecule has 1 aromatic rings. The van der Waals surface area contributed by atoms with Gasteiger partial charge in [-0.2, -0.15) is 0 Å². The van der Waals surface area contributed by atoms with E-state index in [1.54, 1.807) is 25.7 Å². The van der Waals surface area contributed by atoms with E-state index in [1.165, 1.54) is 0 Å². The molecule has 11 nitrogen and oxygen atoms in total. The third kappa shape index (κ3) is 10.9. The molecule has 2 fully saturated rings. The van der Waals surface area contributed by atoms with Crippen LogP contribution in [0, 0.1) is 0 Å². The average Bonchev–Trinajstić information content (AvgIpc) is 3.21. The molecule has 1 saturated heterocycles. The van der Waals surface area contributed by atoms with Gasteiger partial charge in [0.1, 0.15) is 18.2 Å². The highest BCUT2D eigenvalue weighted by atomic mass is 28.3. The van der Waals surface area contributed by atoms with Crippen LogP contribution in [-0.2, 0) is 25.6 Å². The van der Waals surface area contributed by atoms with Gasteiger partial charge in [-0.05, 0) is 58.1 Å². The van der Waals surface area contributed by atoms with Gasteiger partial charge >= 0.3 is 18.3 Å². The van der Waals surface area contributed by atoms with Gasteiger partial charge < -0.3 is 35.1 Å². The number of rotatable bonds is 9. The quantitative estimate of drug-likeness (QED) is 0.287. The Morgan fingerprint density at radius 1 is 0.927 bits per heavy atom. The van der Waals surface area contributed by atoms with E-state index in [2.05, 4.69) is 35.6 Å². The largest absolute Gasteiger partial charge is 0.450 e. The third-order valence-corrected chi connectivity index (χ3v) is 8.77. The standard InChI is InChI=1S/C29H46N4O7Si/c1-29(2,3)40-28(37)30-21-12-13-24(23(18-21)32-26(35)38-16-17-41(4,5)6)33-15-14-22(25(33)34)31-27(36)39-19-20-10-8-7-9-11-20/h7-11,21-24H,12-19H2,1-6H3,(H,30,37)(H,31,36)(H,32,35)/t21-,22+,23-,24+/m1/s1. The van der Waals surface area contributed by atoms with Crippen LogP contribution in [0.1, 0.15) is 52.0 Å². The highest BCUT2D eigenvalue weighted by Crippen LogP contribution is 2.28. The monoisotopic (exact) mass is 590 g/mol. The van der Waals surface area contributed by atoms with Crippen LogP contribution in [0.25, 0.3) is 0 Å². The average molecular weight is 591 g/mol. The number of likely N-dealkylation sites (tertiary alicyclic amines) is 1. The summed E-state index contributed by atoms with van der Waals surface area (Å²) in [7, 11) is -1.38. The topological polar surface area (TPSA) is 135 Å². The maximum absolute atomic E-state index is 13.4. The zero-order valence-corrected chi connectivity index (χ0v) is 26.2. The van der Waals surface area contributed by atoms with E-state index in [0.717, 1.165) is 11.6 Å². The molecule has 0 radical (unpaired) electrons. The molecule has 3 rings (SSSR count). The summed E-state index contributed by atoms with van der Waals surface area (Å²) < 4.78 is 16.2. The van der Waals surface area contributed by atoms with Crippen molar-refractivity contribution in [3.8, 4) is 0 Å². The second-order valence-electron chi connectivity index (χ2n) is 13.0. The molecule has 0 unspecified atom stereocenters. The fraction of sp³-hybridized carbons (Fsp3) is 0.655. The summed E-state index contributed by atoms with van der Waals surface area (Å²) in [6.07, 6.45) is 0.289. The van der Waals surface area contributed by atoms with E-state index in [1.807, 2.05) is 30.3 Å². The lowest BCUT2D eigenvalue weighted by Crippen LogP contribution is -2.59. The SMILES string of the molecule is CC(C)(C)OC(=O)N[C@@H]1CC[C@H](N2CC[C@H](NC(=O)OCc3ccccc3)C2=O)[C@H](NC(=O)OCC[Si](C)(C)C)C1. The van der Waals surface area contributed by atoms with E-state index < -0.39 is 44.0 Å². The Labute approximate surface area is 244 Å². The van der Waals surface area contributed by atoms with E-state index in [-0.39, 0.29) is 24.6 Å². The number of nitrogens with zero attached hydrogens (tertiary/aromatic N) is 1. The first-order valence-electron chi connectivity index (χ1n) is 14.4. The number of hydrogen-bond acceptors (Lipinski definition) is 7. The smallest absolute Gasteiger partial charge is 0.408 e. The summed E-state index contributed by atoms with van der Waals surface area (Å²) in [6, 6.07) is 8.44. The zero-order valence-electron chi connectivity index (χ0n) is 25.2. The lowest BCUT2D eigenvalue weighted by atomic mass is 9.85. The number of amides is 4. The van der Waals surface area contributed by atoms with Gasteiger partial charge in [0, 0.05) is 20.7 Å². The maximum atomic E-state index is 13.4. The number of ether oxygens (including phenoxy) is 3. The summed E-state index contributed by atoms with van der Waals surface area (Å²) in [5.41, 5.74) is 0.218. The molecule has 1 aliphatic carbocycles. The van der Waals surface area contributed by atoms with Gasteiger partial charge in [0.05, 0.1) is 18.7 Å². The van der Waals surface area contributed by atoms with E-state index in [4.69, 9.17) is 14.2 Å². The molecule has 228 valence electrons. The van der Waals surface area contributed by atoms with Crippen LogP contribution in [0.4, 0.5) is 14.4 Å². The van der Waals surface area contributed by atoms with Crippen LogP contribution in [0.15, 0.2) is 30.3 Å². The van der Waals surface area contributed by atoms with Crippen molar-refractivity contribution in [3.63, 3.8) is 0 Å². The molecule has 41 heavy (non-hydrogen) atoms. The number of carbonyl (C=O) groups excluding carboxylic acids is 4. The predicted octanol–water partition coefficient (Wildman–Crippen LogP) is 4.39. The minimum Gasteiger partial charge on any atom is -0.450 e. The molecular formula is C29H46N4O7Si. The Kier molecular flexibility index (Phi) is 11.1. The van der Waals surface area contributed by atoms with Gasteiger partial charge in [0.2, 0.25) is 5.91 Å². The van der Waals surface area contributed by atoms with Gasteiger partial charge in [-0.15, -0.1) is 0 Å². The Bertz CT molecular complexity index is 1060. The van der Waals surface area contributed by atoms with Gasteiger partial charge in [-0.3, -0.25) is 4.79 Å². The molecule has 4 amide bonds. The second kappa shape index (κ2) is 14.1. The first kappa shape index (κ1) is 32.2. The fourth-order valence-electron chi connectivity index (χ4n) is 5.00. The Morgan fingerprint density at radius 3 is 2.27 bits per heavy atom. The lowest BCUT2D eigenvalue weighted by Gasteiger charge is -2.41. The van der Waals surface area contributed by atoms with E-state index in [9.17, 15) is 19.2 Å². The molecule has 1 aromatic carbocycles. The van der Waals surface area contributed by atoms with Crippen molar-refractivity contribution in [3.05, 3.63) is 35.9 Å².